The number of rotatable bonds is 7. The maximum Gasteiger partial charge on any atom is 0.243 e. The number of nitrogens with one attached hydrogen (secondary N) is 1. The molecule has 0 heterocycles. The lowest BCUT2D eigenvalue weighted by Crippen LogP contribution is -2.38. The minimum Gasteiger partial charge on any atom is -0.355 e. The van der Waals surface area contributed by atoms with Gasteiger partial charge < -0.3 is 11.1 Å². The van der Waals surface area contributed by atoms with Gasteiger partial charge in [-0.05, 0) is 37.2 Å². The molecule has 6 nitrogen and oxygen atoms in total. The van der Waals surface area contributed by atoms with Gasteiger partial charge in [-0.25, -0.2) is 8.42 Å². The third-order valence-corrected chi connectivity index (χ3v) is 4.94. The van der Waals surface area contributed by atoms with Crippen LogP contribution in [0.15, 0.2) is 33.6 Å². The highest BCUT2D eigenvalue weighted by molar-refractivity contribution is 9.10. The molecule has 1 aromatic carbocycles. The first-order chi connectivity index (χ1) is 9.37. The van der Waals surface area contributed by atoms with Crippen molar-refractivity contribution in [3.63, 3.8) is 0 Å². The summed E-state index contributed by atoms with van der Waals surface area (Å²) in [7, 11) is -2.28. The topological polar surface area (TPSA) is 92.5 Å². The highest BCUT2D eigenvalue weighted by Gasteiger charge is 2.22. The fourth-order valence-corrected chi connectivity index (χ4v) is 2.85. The zero-order valence-corrected chi connectivity index (χ0v) is 14.8. The standard InChI is InChI=1S/C12H18BrN3O3S.ClH/c1-16(9-12(17)15-8-2-7-14)20(18,19)11-5-3-10(13)4-6-11;/h3-6H,2,7-9,14H2,1H3,(H,15,17);1H. The number of likely N-dealkylation sites (N-methyl/N-ethyl adjacent to an activating group) is 1. The van der Waals surface area contributed by atoms with Crippen LogP contribution >= 0.6 is 28.3 Å². The van der Waals surface area contributed by atoms with Crippen molar-refractivity contribution in [3.8, 4) is 0 Å². The van der Waals surface area contributed by atoms with E-state index in [-0.39, 0.29) is 29.8 Å². The van der Waals surface area contributed by atoms with E-state index < -0.39 is 10.0 Å². The number of benzene rings is 1. The van der Waals surface area contributed by atoms with E-state index >= 15 is 0 Å². The number of hydrogen-bond acceptors (Lipinski definition) is 4. The molecule has 1 aromatic rings. The fraction of sp³-hybridized carbons (Fsp3) is 0.417. The Kier molecular flexibility index (Phi) is 9.07. The molecule has 21 heavy (non-hydrogen) atoms. The van der Waals surface area contributed by atoms with Crippen molar-refractivity contribution in [2.75, 3.05) is 26.7 Å². The Morgan fingerprint density at radius 3 is 2.43 bits per heavy atom. The molecule has 0 unspecified atom stereocenters. The predicted octanol–water partition coefficient (Wildman–Crippen LogP) is 0.956. The Balaban J connectivity index is 0.00000400. The second kappa shape index (κ2) is 9.37. The molecule has 120 valence electrons. The summed E-state index contributed by atoms with van der Waals surface area (Å²) in [6.45, 7) is 0.706. The number of carbonyl (C=O) groups excluding carboxylic acids is 1. The van der Waals surface area contributed by atoms with Crippen molar-refractivity contribution in [3.05, 3.63) is 28.7 Å². The van der Waals surface area contributed by atoms with Crippen LogP contribution in [0.3, 0.4) is 0 Å². The largest absolute Gasteiger partial charge is 0.355 e. The van der Waals surface area contributed by atoms with Gasteiger partial charge in [0.05, 0.1) is 11.4 Å². The molecule has 0 aliphatic rings. The number of amides is 1. The third-order valence-electron chi connectivity index (χ3n) is 2.59. The second-order valence-corrected chi connectivity index (χ2v) is 7.17. The zero-order valence-electron chi connectivity index (χ0n) is 11.6. The number of halogens is 2. The van der Waals surface area contributed by atoms with E-state index in [4.69, 9.17) is 5.73 Å². The van der Waals surface area contributed by atoms with E-state index in [0.717, 1.165) is 8.78 Å². The summed E-state index contributed by atoms with van der Waals surface area (Å²) in [6, 6.07) is 6.26. The third kappa shape index (κ3) is 6.31. The SMILES string of the molecule is CN(CC(=O)NCCCN)S(=O)(=O)c1ccc(Br)cc1.Cl. The van der Waals surface area contributed by atoms with E-state index in [9.17, 15) is 13.2 Å². The smallest absolute Gasteiger partial charge is 0.243 e. The molecule has 0 aliphatic heterocycles. The van der Waals surface area contributed by atoms with Gasteiger partial charge in [0.2, 0.25) is 15.9 Å². The predicted molar refractivity (Wildman–Crippen MR) is 87.9 cm³/mol. The van der Waals surface area contributed by atoms with Gasteiger partial charge >= 0.3 is 0 Å². The lowest BCUT2D eigenvalue weighted by Gasteiger charge is -2.16. The van der Waals surface area contributed by atoms with Crippen LogP contribution in [0.2, 0.25) is 0 Å². The Labute approximate surface area is 139 Å². The van der Waals surface area contributed by atoms with Crippen molar-refractivity contribution in [1.82, 2.24) is 9.62 Å². The molecule has 0 fully saturated rings. The summed E-state index contributed by atoms with van der Waals surface area (Å²) in [5.41, 5.74) is 5.31. The van der Waals surface area contributed by atoms with Gasteiger partial charge in [-0.2, -0.15) is 4.31 Å². The van der Waals surface area contributed by atoms with Crippen LogP contribution in [0.5, 0.6) is 0 Å². The first-order valence-electron chi connectivity index (χ1n) is 6.06. The highest BCUT2D eigenvalue weighted by atomic mass is 79.9. The van der Waals surface area contributed by atoms with Gasteiger partial charge in [-0.15, -0.1) is 12.4 Å². The normalized spacial score (nSPS) is 11.0. The number of nitrogens with two attached hydrogens (primary N) is 1. The van der Waals surface area contributed by atoms with Gasteiger partial charge in [0.1, 0.15) is 0 Å². The molecule has 1 amide bonds. The second-order valence-electron chi connectivity index (χ2n) is 4.21. The van der Waals surface area contributed by atoms with Crippen molar-refractivity contribution in [2.45, 2.75) is 11.3 Å². The molecule has 0 atom stereocenters. The summed E-state index contributed by atoms with van der Waals surface area (Å²) in [5, 5.41) is 2.61. The van der Waals surface area contributed by atoms with E-state index in [1.54, 1.807) is 12.1 Å². The van der Waals surface area contributed by atoms with E-state index in [2.05, 4.69) is 21.2 Å². The first kappa shape index (κ1) is 20.3. The Hall–Kier alpha value is -0.670. The number of nitrogens with zero attached hydrogens (tertiary/aromatic N) is 1. The molecule has 9 heteroatoms. The highest BCUT2D eigenvalue weighted by Crippen LogP contribution is 2.17. The van der Waals surface area contributed by atoms with Crippen LogP contribution in [0.4, 0.5) is 0 Å². The molecule has 3 N–H and O–H groups in total. The quantitative estimate of drug-likeness (QED) is 0.667. The molecule has 0 aromatic heterocycles. The van der Waals surface area contributed by atoms with Gasteiger partial charge in [0, 0.05) is 18.1 Å². The van der Waals surface area contributed by atoms with Crippen LogP contribution < -0.4 is 11.1 Å². The van der Waals surface area contributed by atoms with Gasteiger partial charge in [0.15, 0.2) is 0 Å². The maximum atomic E-state index is 12.2. The number of carbonyl (C=O) groups is 1. The lowest BCUT2D eigenvalue weighted by atomic mass is 10.4. The Bertz CT molecular complexity index is 551. The molecule has 0 bridgehead atoms. The Morgan fingerprint density at radius 1 is 1.33 bits per heavy atom. The van der Waals surface area contributed by atoms with Crippen molar-refractivity contribution < 1.29 is 13.2 Å². The van der Waals surface area contributed by atoms with Crippen molar-refractivity contribution in [1.29, 1.82) is 0 Å². The minimum atomic E-state index is -3.65. The fourth-order valence-electron chi connectivity index (χ4n) is 1.46. The van der Waals surface area contributed by atoms with Gasteiger partial charge in [-0.3, -0.25) is 4.79 Å². The van der Waals surface area contributed by atoms with Crippen LogP contribution in [-0.2, 0) is 14.8 Å². The summed E-state index contributed by atoms with van der Waals surface area (Å²) in [6.07, 6.45) is 0.662. The molecule has 1 rings (SSSR count). The molecule has 0 saturated heterocycles. The van der Waals surface area contributed by atoms with Crippen LogP contribution in [-0.4, -0.2) is 45.3 Å². The van der Waals surface area contributed by atoms with Crippen LogP contribution in [0.1, 0.15) is 6.42 Å². The molecule has 0 radical (unpaired) electrons. The summed E-state index contributed by atoms with van der Waals surface area (Å²) < 4.78 is 26.3. The summed E-state index contributed by atoms with van der Waals surface area (Å²) >= 11 is 3.24. The maximum absolute atomic E-state index is 12.2. The Morgan fingerprint density at radius 2 is 1.90 bits per heavy atom. The molecular weight excluding hydrogens is 382 g/mol. The minimum absolute atomic E-state index is 0. The molecule has 0 aliphatic carbocycles. The molecule has 0 saturated carbocycles. The van der Waals surface area contributed by atoms with Crippen molar-refractivity contribution in [2.24, 2.45) is 5.73 Å². The van der Waals surface area contributed by atoms with Crippen LogP contribution in [0.25, 0.3) is 0 Å². The van der Waals surface area contributed by atoms with E-state index in [1.807, 2.05) is 0 Å². The average molecular weight is 401 g/mol. The van der Waals surface area contributed by atoms with E-state index in [0.29, 0.717) is 19.5 Å². The molecule has 0 spiro atoms. The van der Waals surface area contributed by atoms with Crippen LogP contribution in [0, 0.1) is 0 Å². The monoisotopic (exact) mass is 399 g/mol. The molecular formula is C12H19BrClN3O3S. The van der Waals surface area contributed by atoms with Gasteiger partial charge in [-0.1, -0.05) is 15.9 Å². The number of sulfonamides is 1. The zero-order chi connectivity index (χ0) is 15.2. The van der Waals surface area contributed by atoms with Gasteiger partial charge in [0.25, 0.3) is 0 Å². The average Bonchev–Trinajstić information content (AvgIpc) is 2.39. The summed E-state index contributed by atoms with van der Waals surface area (Å²) in [4.78, 5) is 11.7. The first-order valence-corrected chi connectivity index (χ1v) is 8.30. The lowest BCUT2D eigenvalue weighted by molar-refractivity contribution is -0.121. The van der Waals surface area contributed by atoms with Crippen molar-refractivity contribution >= 4 is 44.3 Å². The summed E-state index contributed by atoms with van der Waals surface area (Å²) in [5.74, 6) is -0.346. The van der Waals surface area contributed by atoms with E-state index in [1.165, 1.54) is 19.2 Å². The number of hydrogen-bond donors (Lipinski definition) is 2.